The Morgan fingerprint density at radius 2 is 1.72 bits per heavy atom. The van der Waals surface area contributed by atoms with E-state index in [1.807, 2.05) is 17.6 Å². The number of fused-ring (bicyclic) bond motifs is 1. The number of benzene rings is 2. The lowest BCUT2D eigenvalue weighted by atomic mass is 10.1. The molecule has 0 radical (unpaired) electrons. The second kappa shape index (κ2) is 8.07. The van der Waals surface area contributed by atoms with Crippen LogP contribution in [-0.2, 0) is 13.0 Å². The van der Waals surface area contributed by atoms with E-state index in [4.69, 9.17) is 10.2 Å². The molecule has 0 aliphatic carbocycles. The van der Waals surface area contributed by atoms with Crippen LogP contribution in [0.3, 0.4) is 0 Å². The first kappa shape index (κ1) is 18.6. The third kappa shape index (κ3) is 3.78. The number of imidazole rings is 1. The smallest absolute Gasteiger partial charge is 0.140 e. The first-order chi connectivity index (χ1) is 14.2. The number of nitriles is 1. The maximum atomic E-state index is 9.13. The van der Waals surface area contributed by atoms with Crippen LogP contribution in [0.25, 0.3) is 16.9 Å². The Kier molecular flexibility index (Phi) is 5.17. The summed E-state index contributed by atoms with van der Waals surface area (Å²) in [5.41, 5.74) is 6.92. The van der Waals surface area contributed by atoms with Gasteiger partial charge < -0.3 is 10.6 Å². The summed E-state index contributed by atoms with van der Waals surface area (Å²) in [6.45, 7) is 2.95. The van der Waals surface area contributed by atoms with Gasteiger partial charge in [0.25, 0.3) is 0 Å². The van der Waals surface area contributed by atoms with Crippen LogP contribution in [0.1, 0.15) is 23.6 Å². The van der Waals surface area contributed by atoms with Crippen molar-refractivity contribution in [2.45, 2.75) is 19.9 Å². The van der Waals surface area contributed by atoms with Gasteiger partial charge in [-0.15, -0.1) is 0 Å². The Morgan fingerprint density at radius 3 is 2.38 bits per heavy atom. The molecule has 0 spiro atoms. The summed E-state index contributed by atoms with van der Waals surface area (Å²) in [6, 6.07) is 22.7. The molecule has 0 atom stereocenters. The number of rotatable bonds is 6. The van der Waals surface area contributed by atoms with Crippen molar-refractivity contribution in [3.05, 3.63) is 83.6 Å². The number of aryl methyl sites for hydroxylation is 1. The maximum absolute atomic E-state index is 9.13. The summed E-state index contributed by atoms with van der Waals surface area (Å²) in [5, 5.41) is 15.8. The van der Waals surface area contributed by atoms with Crippen molar-refractivity contribution in [3.8, 4) is 17.3 Å². The van der Waals surface area contributed by atoms with Crippen molar-refractivity contribution in [1.82, 2.24) is 9.38 Å². The summed E-state index contributed by atoms with van der Waals surface area (Å²) < 4.78 is 1.96. The molecule has 0 aliphatic rings. The first-order valence-electron chi connectivity index (χ1n) is 9.74. The van der Waals surface area contributed by atoms with Crippen LogP contribution in [0.5, 0.6) is 0 Å². The lowest BCUT2D eigenvalue weighted by molar-refractivity contribution is 1.11. The van der Waals surface area contributed by atoms with Gasteiger partial charge in [-0.05, 0) is 41.8 Å². The van der Waals surface area contributed by atoms with Crippen molar-refractivity contribution in [1.29, 1.82) is 5.26 Å². The minimum atomic E-state index is 0.600. The zero-order chi connectivity index (χ0) is 20.2. The minimum absolute atomic E-state index is 0.600. The van der Waals surface area contributed by atoms with Crippen molar-refractivity contribution >= 4 is 17.2 Å². The van der Waals surface area contributed by atoms with Crippen molar-refractivity contribution < 1.29 is 0 Å². The van der Waals surface area contributed by atoms with E-state index in [0.29, 0.717) is 5.56 Å². The number of nitrogens with one attached hydrogen (secondary N) is 2. The third-order valence-electron chi connectivity index (χ3n) is 5.08. The number of nitrogens with zero attached hydrogens (tertiary/aromatic N) is 3. The molecular weight excluding hydrogens is 358 g/mol. The number of hydrogen-bond donors (Lipinski definition) is 2. The molecular formula is C24H23N5. The van der Waals surface area contributed by atoms with Gasteiger partial charge in [0, 0.05) is 31.0 Å². The lowest BCUT2D eigenvalue weighted by Gasteiger charge is -2.09. The lowest BCUT2D eigenvalue weighted by Crippen LogP contribution is -1.99. The van der Waals surface area contributed by atoms with Crippen molar-refractivity contribution in [3.63, 3.8) is 0 Å². The van der Waals surface area contributed by atoms with E-state index >= 15 is 0 Å². The quantitative estimate of drug-likeness (QED) is 0.488. The molecule has 0 amide bonds. The standard InChI is InChI=1S/C24H23N5/c1-3-17-4-6-18(7-5-17)16-27-21-10-8-20(9-11-21)23-24(26-2)29-13-12-19(15-25)14-22(29)28-23/h4-14,26-27H,3,16H2,1-2H3. The highest BCUT2D eigenvalue weighted by molar-refractivity contribution is 5.77. The number of hydrogen-bond acceptors (Lipinski definition) is 4. The highest BCUT2D eigenvalue weighted by Gasteiger charge is 2.13. The highest BCUT2D eigenvalue weighted by atomic mass is 15.1. The molecule has 0 unspecified atom stereocenters. The topological polar surface area (TPSA) is 65.2 Å². The summed E-state index contributed by atoms with van der Waals surface area (Å²) in [4.78, 5) is 4.73. The van der Waals surface area contributed by atoms with Crippen LogP contribution >= 0.6 is 0 Å². The summed E-state index contributed by atoms with van der Waals surface area (Å²) >= 11 is 0. The van der Waals surface area contributed by atoms with Gasteiger partial charge in [0.15, 0.2) is 0 Å². The molecule has 29 heavy (non-hydrogen) atoms. The molecule has 2 aromatic carbocycles. The molecule has 0 bridgehead atoms. The summed E-state index contributed by atoms with van der Waals surface area (Å²) in [5.74, 6) is 0.904. The van der Waals surface area contributed by atoms with Gasteiger partial charge >= 0.3 is 0 Å². The molecule has 0 saturated heterocycles. The summed E-state index contributed by atoms with van der Waals surface area (Å²) in [6.07, 6.45) is 2.93. The van der Waals surface area contributed by atoms with Crippen LogP contribution in [-0.4, -0.2) is 16.4 Å². The Balaban J connectivity index is 1.55. The molecule has 2 N–H and O–H groups in total. The van der Waals surface area contributed by atoms with E-state index < -0.39 is 0 Å². The van der Waals surface area contributed by atoms with E-state index in [9.17, 15) is 0 Å². The van der Waals surface area contributed by atoms with Crippen LogP contribution < -0.4 is 10.6 Å². The molecule has 0 saturated carbocycles. The van der Waals surface area contributed by atoms with E-state index in [0.717, 1.165) is 41.4 Å². The molecule has 0 aliphatic heterocycles. The normalized spacial score (nSPS) is 10.7. The second-order valence-electron chi connectivity index (χ2n) is 6.92. The van der Waals surface area contributed by atoms with Crippen LogP contribution in [0.2, 0.25) is 0 Å². The van der Waals surface area contributed by atoms with Crippen molar-refractivity contribution in [2.75, 3.05) is 17.7 Å². The van der Waals surface area contributed by atoms with Crippen LogP contribution in [0, 0.1) is 11.3 Å². The fourth-order valence-corrected chi connectivity index (χ4v) is 3.40. The molecule has 5 nitrogen and oxygen atoms in total. The zero-order valence-electron chi connectivity index (χ0n) is 16.6. The molecule has 5 heteroatoms. The largest absolute Gasteiger partial charge is 0.381 e. The number of aromatic nitrogens is 2. The van der Waals surface area contributed by atoms with E-state index in [1.165, 1.54) is 11.1 Å². The second-order valence-corrected chi connectivity index (χ2v) is 6.92. The van der Waals surface area contributed by atoms with Gasteiger partial charge in [-0.25, -0.2) is 4.98 Å². The van der Waals surface area contributed by atoms with E-state index in [2.05, 4.69) is 72.2 Å². The first-order valence-corrected chi connectivity index (χ1v) is 9.74. The van der Waals surface area contributed by atoms with Crippen LogP contribution in [0.4, 0.5) is 11.5 Å². The molecule has 0 fully saturated rings. The average Bonchev–Trinajstić information content (AvgIpc) is 3.16. The van der Waals surface area contributed by atoms with Gasteiger partial charge in [-0.2, -0.15) is 5.26 Å². The monoisotopic (exact) mass is 381 g/mol. The van der Waals surface area contributed by atoms with E-state index in [-0.39, 0.29) is 0 Å². The highest BCUT2D eigenvalue weighted by Crippen LogP contribution is 2.29. The Hall–Kier alpha value is -3.78. The average molecular weight is 381 g/mol. The number of pyridine rings is 1. The molecule has 4 aromatic rings. The summed E-state index contributed by atoms with van der Waals surface area (Å²) in [7, 11) is 1.88. The van der Waals surface area contributed by atoms with Gasteiger partial charge in [0.2, 0.25) is 0 Å². The fraction of sp³-hybridized carbons (Fsp3) is 0.167. The molecule has 2 heterocycles. The molecule has 144 valence electrons. The SMILES string of the molecule is CCc1ccc(CNc2ccc(-c3nc4cc(C#N)ccn4c3NC)cc2)cc1. The predicted octanol–water partition coefficient (Wildman–Crippen LogP) is 5.09. The Morgan fingerprint density at radius 1 is 1.00 bits per heavy atom. The zero-order valence-corrected chi connectivity index (χ0v) is 16.6. The van der Waals surface area contributed by atoms with Gasteiger partial charge in [0.1, 0.15) is 17.2 Å². The van der Waals surface area contributed by atoms with Gasteiger partial charge in [0.05, 0.1) is 11.6 Å². The van der Waals surface area contributed by atoms with Gasteiger partial charge in [-0.1, -0.05) is 43.3 Å². The van der Waals surface area contributed by atoms with Gasteiger partial charge in [-0.3, -0.25) is 4.40 Å². The fourth-order valence-electron chi connectivity index (χ4n) is 3.40. The minimum Gasteiger partial charge on any atom is -0.381 e. The third-order valence-corrected chi connectivity index (χ3v) is 5.08. The van der Waals surface area contributed by atoms with E-state index in [1.54, 1.807) is 12.1 Å². The molecule has 2 aromatic heterocycles. The Bertz CT molecular complexity index is 1170. The maximum Gasteiger partial charge on any atom is 0.140 e. The molecule has 4 rings (SSSR count). The van der Waals surface area contributed by atoms with Crippen molar-refractivity contribution in [2.24, 2.45) is 0 Å². The van der Waals surface area contributed by atoms with Crippen LogP contribution in [0.15, 0.2) is 66.9 Å². The number of anilines is 2. The predicted molar refractivity (Wildman–Crippen MR) is 118 cm³/mol. The Labute approximate surface area is 170 Å².